The highest BCUT2D eigenvalue weighted by Gasteiger charge is 2.30. The first-order valence-electron chi connectivity index (χ1n) is 9.47. The average molecular weight is 426 g/mol. The molecule has 28 heavy (non-hydrogen) atoms. The Kier molecular flexibility index (Phi) is 8.63. The number of piperazine rings is 1. The summed E-state index contributed by atoms with van der Waals surface area (Å²) in [6, 6.07) is 6.19. The van der Waals surface area contributed by atoms with Crippen LogP contribution in [0, 0.1) is 5.92 Å². The molecule has 1 atom stereocenters. The molecule has 1 fully saturated rings. The van der Waals surface area contributed by atoms with Crippen molar-refractivity contribution in [1.82, 2.24) is 15.1 Å². The van der Waals surface area contributed by atoms with Crippen LogP contribution in [0.5, 0.6) is 0 Å². The van der Waals surface area contributed by atoms with Crippen LogP contribution in [0.15, 0.2) is 24.3 Å². The van der Waals surface area contributed by atoms with Gasteiger partial charge in [-0.3, -0.25) is 14.4 Å². The maximum absolute atomic E-state index is 13.0. The SMILES string of the molecule is CSCC[C@H](NC(=O)c1ccccc1Cl)C(=O)N1CCN(C(=O)C(C)C)CC1. The minimum absolute atomic E-state index is 0.0495. The second-order valence-corrected chi connectivity index (χ2v) is 8.49. The largest absolute Gasteiger partial charge is 0.340 e. The predicted octanol–water partition coefficient (Wildman–Crippen LogP) is 2.52. The van der Waals surface area contributed by atoms with Crippen LogP contribution in [0.4, 0.5) is 0 Å². The molecule has 1 aromatic rings. The van der Waals surface area contributed by atoms with E-state index in [1.807, 2.05) is 20.1 Å². The van der Waals surface area contributed by atoms with Gasteiger partial charge in [0, 0.05) is 32.1 Å². The maximum Gasteiger partial charge on any atom is 0.253 e. The third-order valence-corrected chi connectivity index (χ3v) is 5.70. The third-order valence-electron chi connectivity index (χ3n) is 4.73. The summed E-state index contributed by atoms with van der Waals surface area (Å²) < 4.78 is 0. The number of nitrogens with one attached hydrogen (secondary N) is 1. The second kappa shape index (κ2) is 10.7. The zero-order valence-corrected chi connectivity index (χ0v) is 18.2. The molecule has 0 unspecified atom stereocenters. The smallest absolute Gasteiger partial charge is 0.253 e. The number of amides is 3. The summed E-state index contributed by atoms with van der Waals surface area (Å²) in [6.07, 6.45) is 2.51. The van der Waals surface area contributed by atoms with Gasteiger partial charge < -0.3 is 15.1 Å². The maximum atomic E-state index is 13.0. The molecule has 0 spiro atoms. The van der Waals surface area contributed by atoms with E-state index in [-0.39, 0.29) is 23.6 Å². The van der Waals surface area contributed by atoms with Gasteiger partial charge in [-0.15, -0.1) is 0 Å². The van der Waals surface area contributed by atoms with Gasteiger partial charge in [-0.2, -0.15) is 11.8 Å². The molecule has 1 N–H and O–H groups in total. The van der Waals surface area contributed by atoms with Crippen LogP contribution in [0.3, 0.4) is 0 Å². The van der Waals surface area contributed by atoms with E-state index in [2.05, 4.69) is 5.32 Å². The fourth-order valence-corrected chi connectivity index (χ4v) is 3.80. The second-order valence-electron chi connectivity index (χ2n) is 7.09. The number of benzene rings is 1. The lowest BCUT2D eigenvalue weighted by atomic mass is 10.1. The Morgan fingerprint density at radius 1 is 1.07 bits per heavy atom. The van der Waals surface area contributed by atoms with Crippen molar-refractivity contribution in [3.05, 3.63) is 34.9 Å². The molecule has 1 aromatic carbocycles. The van der Waals surface area contributed by atoms with E-state index in [4.69, 9.17) is 11.6 Å². The highest BCUT2D eigenvalue weighted by Crippen LogP contribution is 2.16. The number of carbonyl (C=O) groups excluding carboxylic acids is 3. The zero-order valence-electron chi connectivity index (χ0n) is 16.6. The number of hydrogen-bond acceptors (Lipinski definition) is 4. The van der Waals surface area contributed by atoms with Crippen molar-refractivity contribution >= 4 is 41.1 Å². The summed E-state index contributed by atoms with van der Waals surface area (Å²) in [6.45, 7) is 5.77. The molecule has 0 radical (unpaired) electrons. The molecule has 1 saturated heterocycles. The number of rotatable bonds is 7. The first-order valence-corrected chi connectivity index (χ1v) is 11.2. The molecular weight excluding hydrogens is 398 g/mol. The van der Waals surface area contributed by atoms with Crippen molar-refractivity contribution in [2.75, 3.05) is 38.2 Å². The molecular formula is C20H28ClN3O3S. The van der Waals surface area contributed by atoms with Gasteiger partial charge in [0.1, 0.15) is 6.04 Å². The van der Waals surface area contributed by atoms with Gasteiger partial charge >= 0.3 is 0 Å². The van der Waals surface area contributed by atoms with Gasteiger partial charge in [-0.1, -0.05) is 37.6 Å². The van der Waals surface area contributed by atoms with Crippen molar-refractivity contribution in [3.8, 4) is 0 Å². The van der Waals surface area contributed by atoms with E-state index >= 15 is 0 Å². The third kappa shape index (κ3) is 5.88. The molecule has 154 valence electrons. The van der Waals surface area contributed by atoms with Crippen molar-refractivity contribution in [2.24, 2.45) is 5.92 Å². The molecule has 0 saturated carbocycles. The van der Waals surface area contributed by atoms with Gasteiger partial charge in [0.05, 0.1) is 10.6 Å². The van der Waals surface area contributed by atoms with Gasteiger partial charge in [0.2, 0.25) is 11.8 Å². The Morgan fingerprint density at radius 2 is 1.64 bits per heavy atom. The Balaban J connectivity index is 2.02. The molecule has 3 amide bonds. The topological polar surface area (TPSA) is 69.7 Å². The molecule has 0 aliphatic carbocycles. The summed E-state index contributed by atoms with van der Waals surface area (Å²) in [5.74, 6) is 0.361. The molecule has 1 aliphatic heterocycles. The lowest BCUT2D eigenvalue weighted by Crippen LogP contribution is -2.56. The molecule has 2 rings (SSSR count). The number of halogens is 1. The predicted molar refractivity (Wildman–Crippen MR) is 114 cm³/mol. The normalized spacial score (nSPS) is 15.5. The van der Waals surface area contributed by atoms with Crippen LogP contribution in [0.25, 0.3) is 0 Å². The number of carbonyl (C=O) groups is 3. The van der Waals surface area contributed by atoms with E-state index in [9.17, 15) is 14.4 Å². The van der Waals surface area contributed by atoms with Crippen LogP contribution in [0.1, 0.15) is 30.6 Å². The highest BCUT2D eigenvalue weighted by atomic mass is 35.5. The van der Waals surface area contributed by atoms with Crippen molar-refractivity contribution in [1.29, 1.82) is 0 Å². The fourth-order valence-electron chi connectivity index (χ4n) is 3.11. The molecule has 0 aromatic heterocycles. The number of hydrogen-bond donors (Lipinski definition) is 1. The molecule has 6 nitrogen and oxygen atoms in total. The summed E-state index contributed by atoms with van der Waals surface area (Å²) in [4.78, 5) is 41.3. The van der Waals surface area contributed by atoms with Crippen LogP contribution < -0.4 is 5.32 Å². The van der Waals surface area contributed by atoms with E-state index in [1.165, 1.54) is 0 Å². The van der Waals surface area contributed by atoms with E-state index in [1.54, 1.807) is 45.8 Å². The van der Waals surface area contributed by atoms with Gasteiger partial charge in [0.15, 0.2) is 0 Å². The summed E-state index contributed by atoms with van der Waals surface area (Å²) in [5.41, 5.74) is 0.360. The van der Waals surface area contributed by atoms with Crippen molar-refractivity contribution < 1.29 is 14.4 Å². The van der Waals surface area contributed by atoms with Gasteiger partial charge in [-0.25, -0.2) is 0 Å². The summed E-state index contributed by atoms with van der Waals surface area (Å²) in [5, 5.41) is 3.21. The van der Waals surface area contributed by atoms with Crippen LogP contribution in [0.2, 0.25) is 5.02 Å². The highest BCUT2D eigenvalue weighted by molar-refractivity contribution is 7.98. The summed E-state index contributed by atoms with van der Waals surface area (Å²) in [7, 11) is 0. The Morgan fingerprint density at radius 3 is 2.18 bits per heavy atom. The minimum Gasteiger partial charge on any atom is -0.340 e. The lowest BCUT2D eigenvalue weighted by Gasteiger charge is -2.37. The van der Waals surface area contributed by atoms with Crippen molar-refractivity contribution in [3.63, 3.8) is 0 Å². The number of nitrogens with zero attached hydrogens (tertiary/aromatic N) is 2. The van der Waals surface area contributed by atoms with Crippen LogP contribution >= 0.6 is 23.4 Å². The monoisotopic (exact) mass is 425 g/mol. The number of thioether (sulfide) groups is 1. The Bertz CT molecular complexity index is 706. The average Bonchev–Trinajstić information content (AvgIpc) is 2.70. The Hall–Kier alpha value is -1.73. The molecule has 1 aliphatic rings. The zero-order chi connectivity index (χ0) is 20.7. The van der Waals surface area contributed by atoms with Crippen molar-refractivity contribution in [2.45, 2.75) is 26.3 Å². The molecule has 0 bridgehead atoms. The standard InChI is InChI=1S/C20H28ClN3O3S/c1-14(2)19(26)23-9-11-24(12-10-23)20(27)17(8-13-28-3)22-18(25)15-6-4-5-7-16(15)21/h4-7,14,17H,8-13H2,1-3H3,(H,22,25)/t17-/m0/s1. The van der Waals surface area contributed by atoms with Gasteiger partial charge in [-0.05, 0) is 30.6 Å². The molecule has 8 heteroatoms. The minimum atomic E-state index is -0.608. The Labute approximate surface area is 176 Å². The first kappa shape index (κ1) is 22.6. The van der Waals surface area contributed by atoms with E-state index in [0.29, 0.717) is 43.2 Å². The molecule has 1 heterocycles. The summed E-state index contributed by atoms with van der Waals surface area (Å²) >= 11 is 7.74. The lowest BCUT2D eigenvalue weighted by molar-refractivity contribution is -0.142. The quantitative estimate of drug-likeness (QED) is 0.728. The van der Waals surface area contributed by atoms with Gasteiger partial charge in [0.25, 0.3) is 5.91 Å². The van der Waals surface area contributed by atoms with Crippen LogP contribution in [-0.2, 0) is 9.59 Å². The fraction of sp³-hybridized carbons (Fsp3) is 0.550. The first-order chi connectivity index (χ1) is 13.3. The van der Waals surface area contributed by atoms with E-state index in [0.717, 1.165) is 5.75 Å². The van der Waals surface area contributed by atoms with E-state index < -0.39 is 6.04 Å². The van der Waals surface area contributed by atoms with Crippen LogP contribution in [-0.4, -0.2) is 71.8 Å².